The Labute approximate surface area is 354 Å². The highest BCUT2D eigenvalue weighted by atomic mass is 19.1. The van der Waals surface area contributed by atoms with Gasteiger partial charge in [-0.2, -0.15) is 0 Å². The molecule has 0 radical (unpaired) electrons. The van der Waals surface area contributed by atoms with Gasteiger partial charge in [0.25, 0.3) is 5.56 Å². The lowest BCUT2D eigenvalue weighted by Crippen LogP contribution is -2.61. The van der Waals surface area contributed by atoms with E-state index in [1.165, 1.54) is 6.07 Å². The van der Waals surface area contributed by atoms with Crippen LogP contribution in [0.5, 0.6) is 0 Å². The van der Waals surface area contributed by atoms with E-state index in [0.717, 1.165) is 22.1 Å². The van der Waals surface area contributed by atoms with Crippen LogP contribution in [0.25, 0.3) is 22.3 Å². The second kappa shape index (κ2) is 17.7. The molecule has 3 aliphatic heterocycles. The first-order valence-electron chi connectivity index (χ1n) is 20.7. The molecule has 336 valence electrons. The van der Waals surface area contributed by atoms with Crippen molar-refractivity contribution in [3.8, 4) is 11.4 Å². The molecule has 1 fully saturated rings. The number of hydrogen-bond acceptors (Lipinski definition) is 15. The predicted molar refractivity (Wildman–Crippen MR) is 213 cm³/mol. The van der Waals surface area contributed by atoms with Gasteiger partial charge in [0.1, 0.15) is 43.5 Å². The van der Waals surface area contributed by atoms with Crippen LogP contribution >= 0.6 is 0 Å². The molecule has 9 N–H and O–H groups in total. The summed E-state index contributed by atoms with van der Waals surface area (Å²) in [5, 5.41) is 57.1. The lowest BCUT2D eigenvalue weighted by molar-refractivity contribution is -0.294. The quantitative estimate of drug-likeness (QED) is 0.0436. The third kappa shape index (κ3) is 7.98. The van der Waals surface area contributed by atoms with Crippen LogP contribution in [-0.4, -0.2) is 122 Å². The van der Waals surface area contributed by atoms with Crippen molar-refractivity contribution in [1.29, 1.82) is 0 Å². The van der Waals surface area contributed by atoms with Gasteiger partial charge in [-0.3, -0.25) is 14.4 Å². The van der Waals surface area contributed by atoms with Gasteiger partial charge in [0, 0.05) is 29.2 Å². The van der Waals surface area contributed by atoms with Gasteiger partial charge in [-0.1, -0.05) is 20.8 Å². The van der Waals surface area contributed by atoms with Crippen molar-refractivity contribution in [2.45, 2.75) is 127 Å². The van der Waals surface area contributed by atoms with Gasteiger partial charge in [-0.15, -0.1) is 0 Å². The number of pyridine rings is 2. The number of aliphatic carboxylic acids is 1. The van der Waals surface area contributed by atoms with Crippen molar-refractivity contribution < 1.29 is 68.0 Å². The van der Waals surface area contributed by atoms with E-state index in [1.54, 1.807) is 38.3 Å². The lowest BCUT2D eigenvalue weighted by atomic mass is 9.76. The molecule has 1 aromatic carbocycles. The Morgan fingerprint density at radius 2 is 1.84 bits per heavy atom. The molecule has 5 heterocycles. The van der Waals surface area contributed by atoms with Gasteiger partial charge in [-0.05, 0) is 73.6 Å². The summed E-state index contributed by atoms with van der Waals surface area (Å²) in [4.78, 5) is 69.3. The number of esters is 1. The Morgan fingerprint density at radius 1 is 1.10 bits per heavy atom. The number of carboxylic acid groups (broad SMARTS) is 1. The van der Waals surface area contributed by atoms with Crippen molar-refractivity contribution >= 4 is 34.7 Å². The maximum atomic E-state index is 15.3. The number of nitrogens with one attached hydrogen (secondary N) is 2. The van der Waals surface area contributed by atoms with Crippen molar-refractivity contribution in [2.75, 3.05) is 19.9 Å². The van der Waals surface area contributed by atoms with Gasteiger partial charge < -0.3 is 65.4 Å². The third-order valence-electron chi connectivity index (χ3n) is 12.6. The number of nitrogens with zero attached hydrogens (tertiary/aromatic N) is 2. The van der Waals surface area contributed by atoms with Crippen LogP contribution in [0.2, 0.25) is 0 Å². The molecule has 2 aromatic heterocycles. The smallest absolute Gasteiger partial charge is 0.343 e. The number of fused-ring (bicyclic) bond motifs is 5. The number of hydrogen-bond donors (Lipinski definition) is 8. The molecule has 19 nitrogen and oxygen atoms in total. The van der Waals surface area contributed by atoms with E-state index in [0.29, 0.717) is 48.2 Å². The lowest BCUT2D eigenvalue weighted by Gasteiger charge is -2.38. The van der Waals surface area contributed by atoms with Crippen LogP contribution in [0.3, 0.4) is 0 Å². The normalized spacial score (nSPS) is 26.0. The van der Waals surface area contributed by atoms with Crippen molar-refractivity contribution in [2.24, 2.45) is 11.7 Å². The summed E-state index contributed by atoms with van der Waals surface area (Å²) in [6.45, 7) is 5.90. The number of carbonyl (C=O) groups excluding carboxylic acids is 3. The topological polar surface area (TPSA) is 291 Å². The Hall–Kier alpha value is -4.93. The molecule has 1 unspecified atom stereocenters. The molecule has 1 saturated heterocycles. The Morgan fingerprint density at radius 3 is 2.53 bits per heavy atom. The molecule has 1 aliphatic carbocycles. The van der Waals surface area contributed by atoms with Crippen LogP contribution < -0.4 is 21.9 Å². The molecule has 62 heavy (non-hydrogen) atoms. The maximum absolute atomic E-state index is 15.3. The van der Waals surface area contributed by atoms with E-state index >= 15 is 4.39 Å². The number of aromatic nitrogens is 2. The number of amides is 2. The number of cyclic esters (lactones) is 1. The first-order chi connectivity index (χ1) is 29.4. The molecule has 7 rings (SSSR count). The zero-order valence-electron chi connectivity index (χ0n) is 34.7. The van der Waals surface area contributed by atoms with Crippen molar-refractivity contribution in [3.05, 3.63) is 61.7 Å². The standard InChI is InChI=1S/C42H52FN5O14/c1-5-42(58)23-11-27-31-21(13-48(27)38(54)22(23)14-61-41(42)57)28-19(8-9-20-18(4)24(43)12-25(46-31)29(20)28)7-6-10-59-16-45-36(52)26(47-37(53)30(44)17(2)3)15-60-40-34(51)32(49)33(50)35(62-40)39(55)56/h11-12,17,19,26,30,32-35,40,49-51,58H,5-10,13-16,44H2,1-4H3,(H,45,52)(H,47,53)(H,55,56)/t19?,26-,30-,32-,33-,34+,35-,40+,42-/m0/s1. The molecule has 0 saturated carbocycles. The average molecular weight is 870 g/mol. The molecule has 3 aromatic rings. The Bertz CT molecular complexity index is 2360. The number of carboxylic acids is 1. The molecular formula is C42H52FN5O14. The Balaban J connectivity index is 1.04. The first-order valence-corrected chi connectivity index (χ1v) is 20.7. The molecular weight excluding hydrogens is 817 g/mol. The number of rotatable bonds is 15. The highest BCUT2D eigenvalue weighted by Gasteiger charge is 2.48. The van der Waals surface area contributed by atoms with Gasteiger partial charge in [0.15, 0.2) is 18.0 Å². The number of nitrogens with two attached hydrogens (primary N) is 1. The number of aliphatic hydroxyl groups is 4. The van der Waals surface area contributed by atoms with E-state index in [-0.39, 0.29) is 55.9 Å². The number of ether oxygens (including phenoxy) is 4. The van der Waals surface area contributed by atoms with E-state index in [4.69, 9.17) is 29.7 Å². The van der Waals surface area contributed by atoms with Gasteiger partial charge in [0.05, 0.1) is 41.7 Å². The second-order valence-electron chi connectivity index (χ2n) is 16.7. The summed E-state index contributed by atoms with van der Waals surface area (Å²) in [6.07, 6.45) is -7.15. The highest BCUT2D eigenvalue weighted by molar-refractivity contribution is 5.93. The van der Waals surface area contributed by atoms with Crippen LogP contribution in [0.1, 0.15) is 85.8 Å². The zero-order chi connectivity index (χ0) is 44.9. The summed E-state index contributed by atoms with van der Waals surface area (Å²) >= 11 is 0. The molecule has 4 aliphatic rings. The fourth-order valence-electron chi connectivity index (χ4n) is 8.82. The third-order valence-corrected chi connectivity index (χ3v) is 12.6. The number of aryl methyl sites for hydroxylation is 1. The number of carbonyl (C=O) groups is 4. The highest BCUT2D eigenvalue weighted by Crippen LogP contribution is 2.47. The largest absolute Gasteiger partial charge is 0.479 e. The van der Waals surface area contributed by atoms with E-state index < -0.39 is 90.1 Å². The summed E-state index contributed by atoms with van der Waals surface area (Å²) in [5.41, 5.74) is 8.40. The van der Waals surface area contributed by atoms with E-state index in [2.05, 4.69) is 10.6 Å². The molecule has 9 atom stereocenters. The minimum atomic E-state index is -2.00. The van der Waals surface area contributed by atoms with E-state index in [1.807, 2.05) is 0 Å². The number of halogens is 1. The fourth-order valence-corrected chi connectivity index (χ4v) is 8.82. The van der Waals surface area contributed by atoms with Crippen LogP contribution in [0.4, 0.5) is 4.39 Å². The molecule has 0 spiro atoms. The maximum Gasteiger partial charge on any atom is 0.343 e. The summed E-state index contributed by atoms with van der Waals surface area (Å²) < 4.78 is 38.5. The van der Waals surface area contributed by atoms with Crippen LogP contribution in [0, 0.1) is 18.7 Å². The first kappa shape index (κ1) is 45.1. The summed E-state index contributed by atoms with van der Waals surface area (Å²) in [7, 11) is 0. The summed E-state index contributed by atoms with van der Waals surface area (Å²) in [5.74, 6) is -4.69. The fraction of sp³-hybridized carbons (Fsp3) is 0.571. The van der Waals surface area contributed by atoms with E-state index in [9.17, 15) is 49.5 Å². The van der Waals surface area contributed by atoms with Crippen molar-refractivity contribution in [3.63, 3.8) is 0 Å². The molecule has 20 heteroatoms. The average Bonchev–Trinajstić information content (AvgIpc) is 3.61. The zero-order valence-corrected chi connectivity index (χ0v) is 34.7. The molecule has 0 bridgehead atoms. The SMILES string of the molecule is CC[C@@]1(O)C(=O)OCc2c1cc1n(c2=O)Cc2c-1nc1cc(F)c(C)c3c1c2C(CCCOCNC(=O)[C@H](CO[C@@H]1O[C@H](C(=O)O)[C@@H](O)[C@H](O)[C@H]1O)NC(=O)[C@@H](N)C(C)C)CC3. The van der Waals surface area contributed by atoms with Crippen LogP contribution in [-0.2, 0) is 63.3 Å². The summed E-state index contributed by atoms with van der Waals surface area (Å²) in [6, 6.07) is 0.581. The van der Waals surface area contributed by atoms with Gasteiger partial charge in [-0.25, -0.2) is 19.0 Å². The van der Waals surface area contributed by atoms with Gasteiger partial charge >= 0.3 is 11.9 Å². The monoisotopic (exact) mass is 869 g/mol. The minimum absolute atomic E-state index is 0.0131. The van der Waals surface area contributed by atoms with Crippen molar-refractivity contribution in [1.82, 2.24) is 20.2 Å². The second-order valence-corrected chi connectivity index (χ2v) is 16.7. The molecule has 2 amide bonds. The number of aliphatic hydroxyl groups excluding tert-OH is 3. The number of benzene rings is 1. The Kier molecular flexibility index (Phi) is 12.9. The van der Waals surface area contributed by atoms with Gasteiger partial charge in [0.2, 0.25) is 11.8 Å². The van der Waals surface area contributed by atoms with Crippen LogP contribution in [0.15, 0.2) is 16.9 Å². The minimum Gasteiger partial charge on any atom is -0.479 e. The predicted octanol–water partition coefficient (Wildman–Crippen LogP) is -0.196.